The number of amides is 1. The zero-order valence-corrected chi connectivity index (χ0v) is 18.9. The number of carbonyl (C=O) groups is 1. The van der Waals surface area contributed by atoms with Crippen LogP contribution in [0.15, 0.2) is 84.0 Å². The summed E-state index contributed by atoms with van der Waals surface area (Å²) in [4.78, 5) is 12.6. The van der Waals surface area contributed by atoms with Crippen LogP contribution in [0.4, 0.5) is 5.69 Å². The average molecular weight is 465 g/mol. The smallest absolute Gasteiger partial charge is 0.234 e. The molecule has 0 saturated heterocycles. The van der Waals surface area contributed by atoms with E-state index in [1.54, 1.807) is 0 Å². The molecule has 0 aliphatic heterocycles. The molecule has 1 N–H and O–H groups in total. The number of benzene rings is 3. The van der Waals surface area contributed by atoms with Crippen LogP contribution in [0.25, 0.3) is 17.1 Å². The summed E-state index contributed by atoms with van der Waals surface area (Å²) >= 11 is 7.39. The van der Waals surface area contributed by atoms with E-state index in [2.05, 4.69) is 15.5 Å². The van der Waals surface area contributed by atoms with E-state index in [-0.39, 0.29) is 11.7 Å². The standard InChI is InChI=1S/C24H21ClN4O2S/c1-2-31-21-11-7-6-10-20(21)26-22(30)16-32-24-28-27-23(17-8-4-3-5-9-17)29(24)19-14-12-18(25)13-15-19/h3-15H,2,16H2,1H3,(H,26,30). The number of hydrogen-bond donors (Lipinski definition) is 1. The van der Waals surface area contributed by atoms with Crippen molar-refractivity contribution >= 4 is 35.0 Å². The van der Waals surface area contributed by atoms with Gasteiger partial charge in [-0.1, -0.05) is 65.8 Å². The molecule has 4 aromatic rings. The maximum atomic E-state index is 12.6. The summed E-state index contributed by atoms with van der Waals surface area (Å²) in [6, 6.07) is 24.6. The Kier molecular flexibility index (Phi) is 7.09. The number of nitrogens with zero attached hydrogens (tertiary/aromatic N) is 3. The number of hydrogen-bond acceptors (Lipinski definition) is 5. The molecule has 0 radical (unpaired) electrons. The quantitative estimate of drug-likeness (QED) is 0.338. The van der Waals surface area contributed by atoms with Crippen LogP contribution >= 0.6 is 23.4 Å². The van der Waals surface area contributed by atoms with Gasteiger partial charge in [0.05, 0.1) is 18.0 Å². The molecule has 1 aromatic heterocycles. The second kappa shape index (κ2) is 10.3. The number of anilines is 1. The van der Waals surface area contributed by atoms with Crippen molar-refractivity contribution in [1.82, 2.24) is 14.8 Å². The van der Waals surface area contributed by atoms with Gasteiger partial charge in [-0.05, 0) is 43.3 Å². The van der Waals surface area contributed by atoms with Gasteiger partial charge >= 0.3 is 0 Å². The molecule has 1 amide bonds. The van der Waals surface area contributed by atoms with Crippen LogP contribution in [0.2, 0.25) is 5.02 Å². The molecule has 0 aliphatic rings. The van der Waals surface area contributed by atoms with Gasteiger partial charge < -0.3 is 10.1 Å². The van der Waals surface area contributed by atoms with Crippen molar-refractivity contribution in [3.05, 3.63) is 83.9 Å². The largest absolute Gasteiger partial charge is 0.492 e. The van der Waals surface area contributed by atoms with E-state index in [0.29, 0.717) is 34.0 Å². The Hall–Kier alpha value is -3.29. The summed E-state index contributed by atoms with van der Waals surface area (Å²) in [6.07, 6.45) is 0. The summed E-state index contributed by atoms with van der Waals surface area (Å²) in [5, 5.41) is 12.9. The van der Waals surface area contributed by atoms with Crippen molar-refractivity contribution in [3.63, 3.8) is 0 Å². The van der Waals surface area contributed by atoms with Crippen LogP contribution in [0.1, 0.15) is 6.92 Å². The first-order chi connectivity index (χ1) is 15.7. The molecule has 8 heteroatoms. The first-order valence-corrected chi connectivity index (χ1v) is 11.4. The van der Waals surface area contributed by atoms with Gasteiger partial charge in [-0.25, -0.2) is 0 Å². The first kappa shape index (κ1) is 21.9. The van der Waals surface area contributed by atoms with Gasteiger partial charge in [-0.3, -0.25) is 9.36 Å². The van der Waals surface area contributed by atoms with Gasteiger partial charge in [0.1, 0.15) is 5.75 Å². The highest BCUT2D eigenvalue weighted by Crippen LogP contribution is 2.29. The number of halogens is 1. The Bertz CT molecular complexity index is 1200. The highest BCUT2D eigenvalue weighted by Gasteiger charge is 2.17. The fraction of sp³-hybridized carbons (Fsp3) is 0.125. The van der Waals surface area contributed by atoms with Crippen molar-refractivity contribution in [2.45, 2.75) is 12.1 Å². The molecule has 0 atom stereocenters. The molecule has 0 unspecified atom stereocenters. The normalized spacial score (nSPS) is 10.7. The molecule has 1 heterocycles. The fourth-order valence-electron chi connectivity index (χ4n) is 3.13. The van der Waals surface area contributed by atoms with Crippen LogP contribution in [0, 0.1) is 0 Å². The van der Waals surface area contributed by atoms with Crippen molar-refractivity contribution in [3.8, 4) is 22.8 Å². The number of ether oxygens (including phenoxy) is 1. The molecule has 0 spiro atoms. The van der Waals surface area contributed by atoms with E-state index < -0.39 is 0 Å². The third-order valence-electron chi connectivity index (χ3n) is 4.54. The van der Waals surface area contributed by atoms with Gasteiger partial charge in [0, 0.05) is 16.3 Å². The van der Waals surface area contributed by atoms with Crippen molar-refractivity contribution in [2.75, 3.05) is 17.7 Å². The fourth-order valence-corrected chi connectivity index (χ4v) is 4.01. The molecule has 0 bridgehead atoms. The highest BCUT2D eigenvalue weighted by molar-refractivity contribution is 7.99. The summed E-state index contributed by atoms with van der Waals surface area (Å²) < 4.78 is 7.51. The monoisotopic (exact) mass is 464 g/mol. The Morgan fingerprint density at radius 3 is 2.47 bits per heavy atom. The van der Waals surface area contributed by atoms with Crippen LogP contribution in [-0.2, 0) is 4.79 Å². The maximum Gasteiger partial charge on any atom is 0.234 e. The molecule has 162 valence electrons. The average Bonchev–Trinajstić information content (AvgIpc) is 3.24. The van der Waals surface area contributed by atoms with Crippen molar-refractivity contribution in [2.24, 2.45) is 0 Å². The Labute approximate surface area is 195 Å². The minimum Gasteiger partial charge on any atom is -0.492 e. The van der Waals surface area contributed by atoms with Gasteiger partial charge in [-0.2, -0.15) is 0 Å². The maximum absolute atomic E-state index is 12.6. The van der Waals surface area contributed by atoms with Crippen molar-refractivity contribution in [1.29, 1.82) is 0 Å². The van der Waals surface area contributed by atoms with E-state index in [4.69, 9.17) is 16.3 Å². The topological polar surface area (TPSA) is 69.0 Å². The molecule has 6 nitrogen and oxygen atoms in total. The second-order valence-electron chi connectivity index (χ2n) is 6.75. The predicted molar refractivity (Wildman–Crippen MR) is 129 cm³/mol. The summed E-state index contributed by atoms with van der Waals surface area (Å²) in [6.45, 7) is 2.43. The summed E-state index contributed by atoms with van der Waals surface area (Å²) in [5.74, 6) is 1.34. The minimum atomic E-state index is -0.158. The van der Waals surface area contributed by atoms with Gasteiger partial charge in [0.2, 0.25) is 5.91 Å². The van der Waals surface area contributed by atoms with E-state index >= 15 is 0 Å². The van der Waals surface area contributed by atoms with Crippen LogP contribution in [-0.4, -0.2) is 33.0 Å². The van der Waals surface area contributed by atoms with Gasteiger partial charge in [0.25, 0.3) is 0 Å². The van der Waals surface area contributed by atoms with E-state index in [1.807, 2.05) is 90.4 Å². The second-order valence-corrected chi connectivity index (χ2v) is 8.13. The molecule has 0 aliphatic carbocycles. The lowest BCUT2D eigenvalue weighted by atomic mass is 10.2. The lowest BCUT2D eigenvalue weighted by Gasteiger charge is -2.12. The summed E-state index contributed by atoms with van der Waals surface area (Å²) in [7, 11) is 0. The Morgan fingerprint density at radius 1 is 1.00 bits per heavy atom. The number of thioether (sulfide) groups is 1. The molecule has 4 rings (SSSR count). The third kappa shape index (κ3) is 5.12. The predicted octanol–water partition coefficient (Wildman–Crippen LogP) is 5.72. The molecular formula is C24H21ClN4O2S. The number of rotatable bonds is 8. The summed E-state index contributed by atoms with van der Waals surface area (Å²) in [5.41, 5.74) is 2.43. The van der Waals surface area contributed by atoms with E-state index in [0.717, 1.165) is 11.3 Å². The molecular weight excluding hydrogens is 444 g/mol. The lowest BCUT2D eigenvalue weighted by molar-refractivity contribution is -0.113. The molecule has 32 heavy (non-hydrogen) atoms. The molecule has 0 saturated carbocycles. The molecule has 3 aromatic carbocycles. The zero-order valence-electron chi connectivity index (χ0n) is 17.4. The SMILES string of the molecule is CCOc1ccccc1NC(=O)CSc1nnc(-c2ccccc2)n1-c1ccc(Cl)cc1. The zero-order chi connectivity index (χ0) is 22.3. The van der Waals surface area contributed by atoms with E-state index in [1.165, 1.54) is 11.8 Å². The molecule has 0 fully saturated rings. The van der Waals surface area contributed by atoms with Crippen molar-refractivity contribution < 1.29 is 9.53 Å². The number of nitrogens with one attached hydrogen (secondary N) is 1. The first-order valence-electron chi connectivity index (χ1n) is 10.1. The Morgan fingerprint density at radius 2 is 1.72 bits per heavy atom. The van der Waals surface area contributed by atoms with E-state index in [9.17, 15) is 4.79 Å². The third-order valence-corrected chi connectivity index (χ3v) is 5.72. The van der Waals surface area contributed by atoms with Gasteiger partial charge in [-0.15, -0.1) is 10.2 Å². The van der Waals surface area contributed by atoms with Gasteiger partial charge in [0.15, 0.2) is 11.0 Å². The lowest BCUT2D eigenvalue weighted by Crippen LogP contribution is -2.15. The van der Waals surface area contributed by atoms with Crippen LogP contribution in [0.3, 0.4) is 0 Å². The number of para-hydroxylation sites is 2. The Balaban J connectivity index is 1.57. The van der Waals surface area contributed by atoms with Crippen LogP contribution < -0.4 is 10.1 Å². The minimum absolute atomic E-state index is 0.158. The van der Waals surface area contributed by atoms with Crippen LogP contribution in [0.5, 0.6) is 5.75 Å². The number of aromatic nitrogens is 3. The highest BCUT2D eigenvalue weighted by atomic mass is 35.5. The number of carbonyl (C=O) groups excluding carboxylic acids is 1.